The second-order valence-corrected chi connectivity index (χ2v) is 3.12. The molecular formula is C13H19N. The minimum absolute atomic E-state index is 0.978. The third-order valence-electron chi connectivity index (χ3n) is 1.81. The van der Waals surface area contributed by atoms with E-state index in [1.807, 2.05) is 39.0 Å². The van der Waals surface area contributed by atoms with Crippen molar-refractivity contribution in [2.75, 3.05) is 0 Å². The Hall–Kier alpha value is -1.37. The Morgan fingerprint density at radius 1 is 1.14 bits per heavy atom. The van der Waals surface area contributed by atoms with Gasteiger partial charge in [0.1, 0.15) is 0 Å². The van der Waals surface area contributed by atoms with Crippen molar-refractivity contribution in [3.05, 3.63) is 48.2 Å². The standard InChI is InChI=1S/C13H19N/c1-6-8-10-11(3)13(5)14-12(4)9-7-2/h6-10H,2H2,1,3-5H3/b8-6-,11-10+,12-9+,14-13-. The molecule has 0 aliphatic heterocycles. The summed E-state index contributed by atoms with van der Waals surface area (Å²) in [5, 5.41) is 0. The van der Waals surface area contributed by atoms with Crippen LogP contribution in [0.15, 0.2) is 53.2 Å². The van der Waals surface area contributed by atoms with Crippen molar-refractivity contribution in [1.82, 2.24) is 0 Å². The Morgan fingerprint density at radius 3 is 2.29 bits per heavy atom. The van der Waals surface area contributed by atoms with Gasteiger partial charge in [0.2, 0.25) is 0 Å². The van der Waals surface area contributed by atoms with E-state index in [9.17, 15) is 0 Å². The average Bonchev–Trinajstić information content (AvgIpc) is 2.14. The summed E-state index contributed by atoms with van der Waals surface area (Å²) in [7, 11) is 0. The van der Waals surface area contributed by atoms with Crippen LogP contribution in [0.25, 0.3) is 0 Å². The molecule has 0 N–H and O–H groups in total. The average molecular weight is 189 g/mol. The van der Waals surface area contributed by atoms with Gasteiger partial charge in [-0.25, -0.2) is 0 Å². The number of rotatable bonds is 4. The molecule has 0 aromatic carbocycles. The molecule has 0 saturated heterocycles. The van der Waals surface area contributed by atoms with Gasteiger partial charge in [0.05, 0.1) is 0 Å². The molecule has 1 heteroatoms. The fourth-order valence-electron chi connectivity index (χ4n) is 0.922. The van der Waals surface area contributed by atoms with Crippen LogP contribution >= 0.6 is 0 Å². The van der Waals surface area contributed by atoms with Crippen molar-refractivity contribution in [2.24, 2.45) is 4.99 Å². The summed E-state index contributed by atoms with van der Waals surface area (Å²) < 4.78 is 0. The number of hydrogen-bond donors (Lipinski definition) is 0. The van der Waals surface area contributed by atoms with E-state index >= 15 is 0 Å². The molecule has 0 aliphatic rings. The fourth-order valence-corrected chi connectivity index (χ4v) is 0.922. The first-order chi connectivity index (χ1) is 6.61. The van der Waals surface area contributed by atoms with E-state index < -0.39 is 0 Å². The van der Waals surface area contributed by atoms with Gasteiger partial charge in [-0.1, -0.05) is 30.9 Å². The van der Waals surface area contributed by atoms with Gasteiger partial charge >= 0.3 is 0 Å². The smallest absolute Gasteiger partial charge is 0.0404 e. The summed E-state index contributed by atoms with van der Waals surface area (Å²) in [6, 6.07) is 0. The van der Waals surface area contributed by atoms with Crippen molar-refractivity contribution in [2.45, 2.75) is 27.7 Å². The molecule has 0 aromatic heterocycles. The Kier molecular flexibility index (Phi) is 6.38. The predicted molar refractivity (Wildman–Crippen MR) is 65.6 cm³/mol. The van der Waals surface area contributed by atoms with E-state index in [1.165, 1.54) is 5.57 Å². The first-order valence-corrected chi connectivity index (χ1v) is 4.76. The lowest BCUT2D eigenvalue weighted by atomic mass is 10.2. The topological polar surface area (TPSA) is 12.4 Å². The number of aliphatic imine (C=N–C) groups is 1. The quantitative estimate of drug-likeness (QED) is 0.467. The molecule has 0 aliphatic carbocycles. The van der Waals surface area contributed by atoms with Crippen molar-refractivity contribution < 1.29 is 0 Å². The number of nitrogens with zero attached hydrogens (tertiary/aromatic N) is 1. The molecule has 76 valence electrons. The Bertz CT molecular complexity index is 301. The van der Waals surface area contributed by atoms with Gasteiger partial charge in [-0.2, -0.15) is 0 Å². The van der Waals surface area contributed by atoms with E-state index in [0.717, 1.165) is 11.4 Å². The maximum Gasteiger partial charge on any atom is 0.0404 e. The Balaban J connectivity index is 4.68. The summed E-state index contributed by atoms with van der Waals surface area (Å²) in [6.07, 6.45) is 9.72. The van der Waals surface area contributed by atoms with Crippen LogP contribution in [0.1, 0.15) is 27.7 Å². The molecule has 0 radical (unpaired) electrons. The van der Waals surface area contributed by atoms with Crippen molar-refractivity contribution in [3.63, 3.8) is 0 Å². The second kappa shape index (κ2) is 7.07. The molecule has 0 unspecified atom stereocenters. The number of allylic oxidation sites excluding steroid dienone is 7. The zero-order valence-electron chi connectivity index (χ0n) is 9.54. The van der Waals surface area contributed by atoms with Crippen LogP contribution in [0.2, 0.25) is 0 Å². The third-order valence-corrected chi connectivity index (χ3v) is 1.81. The lowest BCUT2D eigenvalue weighted by Gasteiger charge is -1.99. The molecule has 0 rings (SSSR count). The molecule has 1 nitrogen and oxygen atoms in total. The van der Waals surface area contributed by atoms with Crippen LogP contribution in [0, 0.1) is 0 Å². The molecule has 0 atom stereocenters. The molecule has 0 amide bonds. The summed E-state index contributed by atoms with van der Waals surface area (Å²) in [4.78, 5) is 4.42. The summed E-state index contributed by atoms with van der Waals surface area (Å²) in [6.45, 7) is 11.7. The van der Waals surface area contributed by atoms with Crippen LogP contribution in [-0.4, -0.2) is 5.71 Å². The summed E-state index contributed by atoms with van der Waals surface area (Å²) in [5.74, 6) is 0. The van der Waals surface area contributed by atoms with Crippen LogP contribution in [0.4, 0.5) is 0 Å². The molecule has 0 spiro atoms. The Labute approximate surface area is 87.3 Å². The normalized spacial score (nSPS) is 15.0. The van der Waals surface area contributed by atoms with Crippen LogP contribution in [0.3, 0.4) is 0 Å². The fraction of sp³-hybridized carbons (Fsp3) is 0.308. The van der Waals surface area contributed by atoms with E-state index in [2.05, 4.69) is 24.6 Å². The van der Waals surface area contributed by atoms with Crippen molar-refractivity contribution in [3.8, 4) is 0 Å². The van der Waals surface area contributed by atoms with Crippen LogP contribution in [-0.2, 0) is 0 Å². The maximum atomic E-state index is 4.42. The zero-order valence-corrected chi connectivity index (χ0v) is 9.54. The van der Waals surface area contributed by atoms with Gasteiger partial charge in [0.25, 0.3) is 0 Å². The van der Waals surface area contributed by atoms with Gasteiger partial charge in [0, 0.05) is 11.4 Å². The van der Waals surface area contributed by atoms with Gasteiger partial charge in [0.15, 0.2) is 0 Å². The highest BCUT2D eigenvalue weighted by Gasteiger charge is 1.92. The molecular weight excluding hydrogens is 170 g/mol. The van der Waals surface area contributed by atoms with Gasteiger partial charge in [-0.05, 0) is 39.3 Å². The minimum atomic E-state index is 0.978. The molecule has 0 aromatic rings. The van der Waals surface area contributed by atoms with Crippen LogP contribution < -0.4 is 0 Å². The zero-order chi connectivity index (χ0) is 11.0. The highest BCUT2D eigenvalue weighted by molar-refractivity contribution is 5.98. The van der Waals surface area contributed by atoms with E-state index in [1.54, 1.807) is 6.08 Å². The maximum absolute atomic E-state index is 4.42. The molecule has 0 fully saturated rings. The van der Waals surface area contributed by atoms with E-state index in [4.69, 9.17) is 0 Å². The van der Waals surface area contributed by atoms with E-state index in [0.29, 0.717) is 0 Å². The highest BCUT2D eigenvalue weighted by Crippen LogP contribution is 2.03. The SMILES string of the molecule is C=C/C=C(C)/N=C(C)\C(C)=C\C=C/C. The highest BCUT2D eigenvalue weighted by atomic mass is 14.7. The monoisotopic (exact) mass is 189 g/mol. The lowest BCUT2D eigenvalue weighted by Crippen LogP contribution is -1.93. The predicted octanol–water partition coefficient (Wildman–Crippen LogP) is 4.06. The van der Waals surface area contributed by atoms with E-state index in [-0.39, 0.29) is 0 Å². The van der Waals surface area contributed by atoms with Crippen LogP contribution in [0.5, 0.6) is 0 Å². The molecule has 0 saturated carbocycles. The Morgan fingerprint density at radius 2 is 1.79 bits per heavy atom. The number of hydrogen-bond acceptors (Lipinski definition) is 1. The first-order valence-electron chi connectivity index (χ1n) is 4.76. The minimum Gasteiger partial charge on any atom is -0.258 e. The molecule has 0 heterocycles. The summed E-state index contributed by atoms with van der Waals surface area (Å²) >= 11 is 0. The van der Waals surface area contributed by atoms with Gasteiger partial charge < -0.3 is 0 Å². The van der Waals surface area contributed by atoms with Gasteiger partial charge in [-0.15, -0.1) is 0 Å². The largest absolute Gasteiger partial charge is 0.258 e. The lowest BCUT2D eigenvalue weighted by molar-refractivity contribution is 1.29. The summed E-state index contributed by atoms with van der Waals surface area (Å²) in [5.41, 5.74) is 3.20. The molecule has 14 heavy (non-hydrogen) atoms. The second-order valence-electron chi connectivity index (χ2n) is 3.12. The van der Waals surface area contributed by atoms with Crippen molar-refractivity contribution >= 4 is 5.71 Å². The van der Waals surface area contributed by atoms with Gasteiger partial charge in [-0.3, -0.25) is 4.99 Å². The molecule has 0 bridgehead atoms. The first kappa shape index (κ1) is 12.6. The van der Waals surface area contributed by atoms with Crippen molar-refractivity contribution in [1.29, 1.82) is 0 Å². The third kappa shape index (κ3) is 5.31.